The Labute approximate surface area is 110 Å². The highest BCUT2D eigenvalue weighted by atomic mass is 32.2. The summed E-state index contributed by atoms with van der Waals surface area (Å²) in [5, 5.41) is 3.30. The molecule has 0 spiro atoms. The Morgan fingerprint density at radius 1 is 1.17 bits per heavy atom. The molecule has 1 unspecified atom stereocenters. The van der Waals surface area contributed by atoms with Crippen LogP contribution >= 0.6 is 0 Å². The number of nitrogens with one attached hydrogen (secondary N) is 2. The fourth-order valence-electron chi connectivity index (χ4n) is 2.88. The molecule has 18 heavy (non-hydrogen) atoms. The number of nitrogens with zero attached hydrogens (tertiary/aromatic N) is 1. The van der Waals surface area contributed by atoms with Crippen LogP contribution in [-0.4, -0.2) is 44.9 Å². The molecule has 2 N–H and O–H groups in total. The summed E-state index contributed by atoms with van der Waals surface area (Å²) in [6.07, 6.45) is 7.74. The van der Waals surface area contributed by atoms with Gasteiger partial charge >= 0.3 is 0 Å². The molecule has 0 aromatic heterocycles. The zero-order chi connectivity index (χ0) is 13.0. The van der Waals surface area contributed by atoms with E-state index in [0.29, 0.717) is 12.6 Å². The average molecular weight is 275 g/mol. The second-order valence-electron chi connectivity index (χ2n) is 5.45. The monoisotopic (exact) mass is 275 g/mol. The van der Waals surface area contributed by atoms with Crippen LogP contribution in [0.5, 0.6) is 0 Å². The van der Waals surface area contributed by atoms with Crippen molar-refractivity contribution in [3.8, 4) is 0 Å². The highest BCUT2D eigenvalue weighted by Crippen LogP contribution is 2.22. The zero-order valence-electron chi connectivity index (χ0n) is 11.2. The van der Waals surface area contributed by atoms with Crippen molar-refractivity contribution in [3.05, 3.63) is 0 Å². The first-order valence-electron chi connectivity index (χ1n) is 7.05. The third kappa shape index (κ3) is 3.66. The molecule has 1 aliphatic carbocycles. The molecule has 2 aliphatic rings. The Morgan fingerprint density at radius 3 is 2.50 bits per heavy atom. The van der Waals surface area contributed by atoms with Crippen molar-refractivity contribution in [1.29, 1.82) is 0 Å². The first-order chi connectivity index (χ1) is 8.59. The van der Waals surface area contributed by atoms with Crippen LogP contribution in [0.3, 0.4) is 0 Å². The first-order valence-corrected chi connectivity index (χ1v) is 8.49. The van der Waals surface area contributed by atoms with E-state index >= 15 is 0 Å². The standard InChI is InChI=1S/C12H25N3O2S/c1-15(12-7-3-2-4-8-12)18(16,17)14-10-11-6-5-9-13-11/h11-14H,2-10H2,1H3. The van der Waals surface area contributed by atoms with E-state index in [4.69, 9.17) is 0 Å². The molecular formula is C12H25N3O2S. The highest BCUT2D eigenvalue weighted by molar-refractivity contribution is 7.87. The SMILES string of the molecule is CN(C1CCCCC1)S(=O)(=O)NCC1CCCN1. The molecule has 0 aromatic carbocycles. The van der Waals surface area contributed by atoms with Gasteiger partial charge in [0.1, 0.15) is 0 Å². The van der Waals surface area contributed by atoms with Gasteiger partial charge in [0.2, 0.25) is 0 Å². The van der Waals surface area contributed by atoms with E-state index < -0.39 is 10.2 Å². The number of hydrogen-bond acceptors (Lipinski definition) is 3. The number of hydrogen-bond donors (Lipinski definition) is 2. The lowest BCUT2D eigenvalue weighted by Gasteiger charge is -2.30. The van der Waals surface area contributed by atoms with Crippen LogP contribution in [0.15, 0.2) is 0 Å². The third-order valence-corrected chi connectivity index (χ3v) is 5.73. The van der Waals surface area contributed by atoms with Gasteiger partial charge in [-0.15, -0.1) is 0 Å². The normalized spacial score (nSPS) is 26.9. The van der Waals surface area contributed by atoms with Gasteiger partial charge in [-0.3, -0.25) is 0 Å². The summed E-state index contributed by atoms with van der Waals surface area (Å²) in [6.45, 7) is 1.52. The lowest BCUT2D eigenvalue weighted by molar-refractivity contribution is 0.282. The second-order valence-corrected chi connectivity index (χ2v) is 7.27. The van der Waals surface area contributed by atoms with E-state index in [1.54, 1.807) is 11.4 Å². The van der Waals surface area contributed by atoms with Crippen LogP contribution in [0.1, 0.15) is 44.9 Å². The largest absolute Gasteiger partial charge is 0.313 e. The molecule has 1 atom stereocenters. The van der Waals surface area contributed by atoms with Crippen LogP contribution in [0.4, 0.5) is 0 Å². The van der Waals surface area contributed by atoms with Crippen molar-refractivity contribution in [3.63, 3.8) is 0 Å². The minimum absolute atomic E-state index is 0.188. The lowest BCUT2D eigenvalue weighted by atomic mass is 9.96. The van der Waals surface area contributed by atoms with Gasteiger partial charge in [-0.25, -0.2) is 4.72 Å². The fourth-order valence-corrected chi connectivity index (χ4v) is 4.10. The van der Waals surface area contributed by atoms with Crippen molar-refractivity contribution < 1.29 is 8.42 Å². The predicted molar refractivity (Wildman–Crippen MR) is 72.6 cm³/mol. The van der Waals surface area contributed by atoms with Gasteiger partial charge in [0, 0.05) is 25.7 Å². The van der Waals surface area contributed by atoms with Crippen molar-refractivity contribution >= 4 is 10.2 Å². The van der Waals surface area contributed by atoms with Gasteiger partial charge in [-0.1, -0.05) is 19.3 Å². The van der Waals surface area contributed by atoms with Gasteiger partial charge in [0.15, 0.2) is 0 Å². The summed E-state index contributed by atoms with van der Waals surface area (Å²) < 4.78 is 28.6. The summed E-state index contributed by atoms with van der Waals surface area (Å²) in [5.41, 5.74) is 0. The molecule has 106 valence electrons. The predicted octanol–water partition coefficient (Wildman–Crippen LogP) is 0.837. The molecule has 1 saturated heterocycles. The Hall–Kier alpha value is -0.170. The van der Waals surface area contributed by atoms with E-state index in [1.807, 2.05) is 0 Å². The summed E-state index contributed by atoms with van der Waals surface area (Å²) >= 11 is 0. The molecule has 1 aliphatic heterocycles. The van der Waals surface area contributed by atoms with E-state index in [-0.39, 0.29) is 6.04 Å². The van der Waals surface area contributed by atoms with E-state index in [0.717, 1.165) is 45.1 Å². The summed E-state index contributed by atoms with van der Waals surface area (Å²) in [6, 6.07) is 0.493. The van der Waals surface area contributed by atoms with Crippen molar-refractivity contribution in [2.45, 2.75) is 57.0 Å². The minimum Gasteiger partial charge on any atom is -0.313 e. The van der Waals surface area contributed by atoms with Crippen LogP contribution in [-0.2, 0) is 10.2 Å². The topological polar surface area (TPSA) is 61.4 Å². The lowest BCUT2D eigenvalue weighted by Crippen LogP contribution is -2.47. The van der Waals surface area contributed by atoms with Crippen LogP contribution in [0.2, 0.25) is 0 Å². The van der Waals surface area contributed by atoms with E-state index in [1.165, 1.54) is 6.42 Å². The van der Waals surface area contributed by atoms with E-state index in [9.17, 15) is 8.42 Å². The quantitative estimate of drug-likeness (QED) is 0.781. The van der Waals surface area contributed by atoms with Gasteiger partial charge in [0.05, 0.1) is 0 Å². The first kappa shape index (κ1) is 14.2. The highest BCUT2D eigenvalue weighted by Gasteiger charge is 2.28. The third-order valence-electron chi connectivity index (χ3n) is 4.14. The van der Waals surface area contributed by atoms with E-state index in [2.05, 4.69) is 10.0 Å². The molecule has 5 nitrogen and oxygen atoms in total. The van der Waals surface area contributed by atoms with Gasteiger partial charge in [0.25, 0.3) is 10.2 Å². The average Bonchev–Trinajstić information content (AvgIpc) is 2.90. The maximum absolute atomic E-state index is 12.2. The molecule has 1 heterocycles. The maximum atomic E-state index is 12.2. The Morgan fingerprint density at radius 2 is 1.89 bits per heavy atom. The molecule has 0 aromatic rings. The van der Waals surface area contributed by atoms with Crippen LogP contribution < -0.4 is 10.0 Å². The maximum Gasteiger partial charge on any atom is 0.279 e. The molecule has 2 rings (SSSR count). The van der Waals surface area contributed by atoms with Gasteiger partial charge in [-0.2, -0.15) is 12.7 Å². The van der Waals surface area contributed by atoms with Crippen molar-refractivity contribution in [2.75, 3.05) is 20.1 Å². The Balaban J connectivity index is 1.84. The Kier molecular flexibility index (Phi) is 5.00. The van der Waals surface area contributed by atoms with Gasteiger partial charge < -0.3 is 5.32 Å². The van der Waals surface area contributed by atoms with Gasteiger partial charge in [-0.05, 0) is 32.2 Å². The second kappa shape index (κ2) is 6.32. The van der Waals surface area contributed by atoms with Crippen molar-refractivity contribution in [2.24, 2.45) is 0 Å². The molecule has 0 amide bonds. The molecule has 0 bridgehead atoms. The molecule has 0 radical (unpaired) electrons. The summed E-state index contributed by atoms with van der Waals surface area (Å²) in [5.74, 6) is 0. The van der Waals surface area contributed by atoms with Crippen LogP contribution in [0, 0.1) is 0 Å². The summed E-state index contributed by atoms with van der Waals surface area (Å²) in [7, 11) is -1.60. The Bertz CT molecular complexity index is 346. The molecular weight excluding hydrogens is 250 g/mol. The molecule has 1 saturated carbocycles. The zero-order valence-corrected chi connectivity index (χ0v) is 12.0. The van der Waals surface area contributed by atoms with Crippen LogP contribution in [0.25, 0.3) is 0 Å². The molecule has 6 heteroatoms. The smallest absolute Gasteiger partial charge is 0.279 e. The summed E-state index contributed by atoms with van der Waals surface area (Å²) in [4.78, 5) is 0. The fraction of sp³-hybridized carbons (Fsp3) is 1.00. The molecule has 2 fully saturated rings. The van der Waals surface area contributed by atoms with Crippen molar-refractivity contribution in [1.82, 2.24) is 14.3 Å². The number of rotatable bonds is 5. The minimum atomic E-state index is -3.30.